The normalized spacial score (nSPS) is 12.9. The predicted molar refractivity (Wildman–Crippen MR) is 129 cm³/mol. The third kappa shape index (κ3) is 15.9. The summed E-state index contributed by atoms with van der Waals surface area (Å²) in [6.07, 6.45) is 13.9. The lowest BCUT2D eigenvalue weighted by Crippen LogP contribution is -2.17. The number of unbranched alkanes of at least 4 members (excludes halogenated alkanes) is 6. The quantitative estimate of drug-likeness (QED) is 0.171. The standard InChI is InChI=1S/C27H44O5/c1-3-4-5-6-7-11-17-25(31-22-24-15-9-8-10-16-24)18-12-13-19-26(32-23(2)28)20-14-21-27(29)30/h8-10,15-16,25-26H,3-7,11-14,17-22H2,1-2H3,(H,29,30). The summed E-state index contributed by atoms with van der Waals surface area (Å²) in [5, 5.41) is 8.83. The van der Waals surface area contributed by atoms with E-state index in [0.717, 1.165) is 32.1 Å². The number of hydrogen-bond donors (Lipinski definition) is 1. The van der Waals surface area contributed by atoms with Gasteiger partial charge in [0, 0.05) is 13.3 Å². The molecule has 0 bridgehead atoms. The molecule has 1 aromatic rings. The zero-order valence-corrected chi connectivity index (χ0v) is 20.2. The van der Waals surface area contributed by atoms with Gasteiger partial charge in [0.25, 0.3) is 0 Å². The maximum Gasteiger partial charge on any atom is 0.303 e. The molecule has 0 fully saturated rings. The second-order valence-corrected chi connectivity index (χ2v) is 8.78. The maximum atomic E-state index is 11.4. The Bertz CT molecular complexity index is 601. The van der Waals surface area contributed by atoms with Gasteiger partial charge < -0.3 is 14.6 Å². The van der Waals surface area contributed by atoms with E-state index in [1.54, 1.807) is 0 Å². The van der Waals surface area contributed by atoms with Gasteiger partial charge in [-0.2, -0.15) is 0 Å². The van der Waals surface area contributed by atoms with Crippen molar-refractivity contribution in [2.45, 2.75) is 123 Å². The van der Waals surface area contributed by atoms with Gasteiger partial charge in [-0.15, -0.1) is 0 Å². The fourth-order valence-electron chi connectivity index (χ4n) is 3.97. The lowest BCUT2D eigenvalue weighted by Gasteiger charge is -2.20. The molecule has 32 heavy (non-hydrogen) atoms. The highest BCUT2D eigenvalue weighted by atomic mass is 16.5. The van der Waals surface area contributed by atoms with Gasteiger partial charge in [-0.3, -0.25) is 9.59 Å². The zero-order valence-electron chi connectivity index (χ0n) is 20.2. The Morgan fingerprint density at radius 1 is 0.812 bits per heavy atom. The van der Waals surface area contributed by atoms with Crippen LogP contribution < -0.4 is 0 Å². The molecule has 2 atom stereocenters. The number of hydrogen-bond acceptors (Lipinski definition) is 4. The van der Waals surface area contributed by atoms with Crippen molar-refractivity contribution in [2.24, 2.45) is 0 Å². The largest absolute Gasteiger partial charge is 0.481 e. The number of ether oxygens (including phenoxy) is 2. The first-order valence-corrected chi connectivity index (χ1v) is 12.6. The number of carboxylic acid groups (broad SMARTS) is 1. The predicted octanol–water partition coefficient (Wildman–Crippen LogP) is 7.07. The highest BCUT2D eigenvalue weighted by molar-refractivity contribution is 5.67. The molecule has 0 aliphatic carbocycles. The van der Waals surface area contributed by atoms with E-state index in [4.69, 9.17) is 14.6 Å². The molecule has 0 saturated carbocycles. The molecule has 0 aliphatic rings. The minimum atomic E-state index is -0.806. The van der Waals surface area contributed by atoms with E-state index in [-0.39, 0.29) is 24.6 Å². The van der Waals surface area contributed by atoms with Crippen LogP contribution >= 0.6 is 0 Å². The van der Waals surface area contributed by atoms with Gasteiger partial charge in [-0.1, -0.05) is 82.2 Å². The van der Waals surface area contributed by atoms with E-state index < -0.39 is 5.97 Å². The fraction of sp³-hybridized carbons (Fsp3) is 0.704. The molecule has 0 aliphatic heterocycles. The minimum Gasteiger partial charge on any atom is -0.481 e. The van der Waals surface area contributed by atoms with E-state index in [0.29, 0.717) is 19.4 Å². The van der Waals surface area contributed by atoms with Crippen molar-refractivity contribution in [1.82, 2.24) is 0 Å². The molecule has 2 unspecified atom stereocenters. The molecule has 0 spiro atoms. The van der Waals surface area contributed by atoms with Gasteiger partial charge in [0.1, 0.15) is 6.10 Å². The first kappa shape index (κ1) is 28.2. The first-order chi connectivity index (χ1) is 15.5. The van der Waals surface area contributed by atoms with Crippen molar-refractivity contribution in [3.05, 3.63) is 35.9 Å². The molecule has 1 aromatic carbocycles. The highest BCUT2D eigenvalue weighted by Crippen LogP contribution is 2.19. The molecule has 1 rings (SSSR count). The molecule has 0 heterocycles. The van der Waals surface area contributed by atoms with Crippen molar-refractivity contribution < 1.29 is 24.2 Å². The molecule has 5 heteroatoms. The molecule has 0 radical (unpaired) electrons. The number of carboxylic acids is 1. The van der Waals surface area contributed by atoms with Crippen LogP contribution in [0.4, 0.5) is 0 Å². The molecular formula is C27H44O5. The highest BCUT2D eigenvalue weighted by Gasteiger charge is 2.14. The minimum absolute atomic E-state index is 0.116. The van der Waals surface area contributed by atoms with Gasteiger partial charge >= 0.3 is 11.9 Å². The summed E-state index contributed by atoms with van der Waals surface area (Å²) < 4.78 is 11.7. The van der Waals surface area contributed by atoms with E-state index in [9.17, 15) is 9.59 Å². The van der Waals surface area contributed by atoms with Crippen LogP contribution in [-0.4, -0.2) is 29.3 Å². The van der Waals surface area contributed by atoms with E-state index in [1.807, 2.05) is 18.2 Å². The van der Waals surface area contributed by atoms with Crippen molar-refractivity contribution >= 4 is 11.9 Å². The Morgan fingerprint density at radius 2 is 1.38 bits per heavy atom. The van der Waals surface area contributed by atoms with Crippen molar-refractivity contribution in [3.63, 3.8) is 0 Å². The number of benzene rings is 1. The molecule has 0 amide bonds. The summed E-state index contributed by atoms with van der Waals surface area (Å²) >= 11 is 0. The molecule has 1 N–H and O–H groups in total. The van der Waals surface area contributed by atoms with Crippen LogP contribution in [0.1, 0.15) is 109 Å². The maximum absolute atomic E-state index is 11.4. The summed E-state index contributed by atoms with van der Waals surface area (Å²) in [4.78, 5) is 22.1. The average molecular weight is 449 g/mol. The third-order valence-corrected chi connectivity index (χ3v) is 5.76. The smallest absolute Gasteiger partial charge is 0.303 e. The monoisotopic (exact) mass is 448 g/mol. The van der Waals surface area contributed by atoms with Gasteiger partial charge in [0.2, 0.25) is 0 Å². The first-order valence-electron chi connectivity index (χ1n) is 12.6. The van der Waals surface area contributed by atoms with Crippen LogP contribution in [0, 0.1) is 0 Å². The van der Waals surface area contributed by atoms with Gasteiger partial charge in [0.05, 0.1) is 12.7 Å². The molecule has 0 aromatic heterocycles. The average Bonchev–Trinajstić information content (AvgIpc) is 2.76. The Balaban J connectivity index is 2.40. The van der Waals surface area contributed by atoms with Crippen molar-refractivity contribution in [3.8, 4) is 0 Å². The summed E-state index contributed by atoms with van der Waals surface area (Å²) in [5.74, 6) is -1.10. The Kier molecular flexibility index (Phi) is 16.4. The molecule has 182 valence electrons. The Hall–Kier alpha value is -1.88. The second kappa shape index (κ2) is 18.7. The Morgan fingerprint density at radius 3 is 2.00 bits per heavy atom. The van der Waals surface area contributed by atoms with E-state index in [1.165, 1.54) is 51.0 Å². The molecular weight excluding hydrogens is 404 g/mol. The van der Waals surface area contributed by atoms with Gasteiger partial charge in [0.15, 0.2) is 0 Å². The summed E-state index contributed by atoms with van der Waals surface area (Å²) in [7, 11) is 0. The Labute approximate surface area is 194 Å². The topological polar surface area (TPSA) is 72.8 Å². The number of carbonyl (C=O) groups excluding carboxylic acids is 1. The summed E-state index contributed by atoms with van der Waals surface area (Å²) in [6.45, 7) is 4.30. The van der Waals surface area contributed by atoms with E-state index >= 15 is 0 Å². The third-order valence-electron chi connectivity index (χ3n) is 5.76. The summed E-state index contributed by atoms with van der Waals surface area (Å²) in [5.41, 5.74) is 1.20. The van der Waals surface area contributed by atoms with Crippen LogP contribution in [0.2, 0.25) is 0 Å². The van der Waals surface area contributed by atoms with Crippen LogP contribution in [0.5, 0.6) is 0 Å². The van der Waals surface area contributed by atoms with Crippen LogP contribution in [0.25, 0.3) is 0 Å². The van der Waals surface area contributed by atoms with Crippen molar-refractivity contribution in [1.29, 1.82) is 0 Å². The molecule has 0 saturated heterocycles. The zero-order chi connectivity index (χ0) is 23.4. The lowest BCUT2D eigenvalue weighted by atomic mass is 10.0. The van der Waals surface area contributed by atoms with Crippen LogP contribution in [-0.2, 0) is 25.7 Å². The van der Waals surface area contributed by atoms with Crippen LogP contribution in [0.15, 0.2) is 30.3 Å². The fourth-order valence-corrected chi connectivity index (χ4v) is 3.97. The lowest BCUT2D eigenvalue weighted by molar-refractivity contribution is -0.147. The summed E-state index contributed by atoms with van der Waals surface area (Å²) in [6, 6.07) is 10.3. The van der Waals surface area contributed by atoms with Gasteiger partial charge in [-0.05, 0) is 44.1 Å². The van der Waals surface area contributed by atoms with Crippen LogP contribution in [0.3, 0.4) is 0 Å². The molecule has 5 nitrogen and oxygen atoms in total. The van der Waals surface area contributed by atoms with Crippen molar-refractivity contribution in [2.75, 3.05) is 0 Å². The number of aliphatic carboxylic acids is 1. The number of rotatable bonds is 20. The number of carbonyl (C=O) groups is 2. The SMILES string of the molecule is CCCCCCCCC(CCCCC(CCCC(=O)O)OC(C)=O)OCc1ccccc1. The second-order valence-electron chi connectivity index (χ2n) is 8.78. The number of esters is 1. The van der Waals surface area contributed by atoms with Gasteiger partial charge in [-0.25, -0.2) is 0 Å². The van der Waals surface area contributed by atoms with E-state index in [2.05, 4.69) is 19.1 Å².